The average molecular weight is 266 g/mol. The van der Waals surface area contributed by atoms with Crippen LogP contribution in [0.15, 0.2) is 12.1 Å². The van der Waals surface area contributed by atoms with Crippen molar-refractivity contribution in [2.45, 2.75) is 26.3 Å². The number of hydrogen-bond donors (Lipinski definition) is 2. The van der Waals surface area contributed by atoms with Crippen LogP contribution < -0.4 is 20.5 Å². The van der Waals surface area contributed by atoms with Crippen LogP contribution in [0.25, 0.3) is 0 Å². The fourth-order valence-electron chi connectivity index (χ4n) is 2.51. The van der Waals surface area contributed by atoms with Crippen LogP contribution in [0.5, 0.6) is 11.5 Å². The summed E-state index contributed by atoms with van der Waals surface area (Å²) < 4.78 is 10.7. The third-order valence-corrected chi connectivity index (χ3v) is 3.61. The summed E-state index contributed by atoms with van der Waals surface area (Å²) in [4.78, 5) is 0. The summed E-state index contributed by atoms with van der Waals surface area (Å²) in [5.74, 6) is 2.00. The van der Waals surface area contributed by atoms with Gasteiger partial charge in [-0.1, -0.05) is 6.92 Å². The van der Waals surface area contributed by atoms with E-state index < -0.39 is 0 Å². The summed E-state index contributed by atoms with van der Waals surface area (Å²) in [6, 6.07) is 4.35. The minimum Gasteiger partial charge on any atom is -0.493 e. The van der Waals surface area contributed by atoms with Gasteiger partial charge in [0.1, 0.15) is 0 Å². The molecule has 108 valence electrons. The Morgan fingerprint density at radius 3 is 2.26 bits per heavy atom. The smallest absolute Gasteiger partial charge is 0.161 e. The van der Waals surface area contributed by atoms with E-state index in [-0.39, 0.29) is 6.04 Å². The molecular weight excluding hydrogens is 240 g/mol. The van der Waals surface area contributed by atoms with E-state index in [1.165, 1.54) is 11.1 Å². The van der Waals surface area contributed by atoms with Crippen molar-refractivity contribution in [3.8, 4) is 11.5 Å². The number of rotatable bonds is 7. The molecule has 0 aromatic heterocycles. The molecule has 1 rings (SSSR count). The van der Waals surface area contributed by atoms with Crippen molar-refractivity contribution < 1.29 is 9.47 Å². The minimum absolute atomic E-state index is 0.267. The molecule has 1 aromatic rings. The minimum atomic E-state index is 0.267. The van der Waals surface area contributed by atoms with Gasteiger partial charge in [-0.3, -0.25) is 0 Å². The molecule has 0 aliphatic rings. The van der Waals surface area contributed by atoms with E-state index in [1.54, 1.807) is 14.2 Å². The second-order valence-electron chi connectivity index (χ2n) is 4.88. The van der Waals surface area contributed by atoms with E-state index in [2.05, 4.69) is 25.2 Å². The van der Waals surface area contributed by atoms with Crippen LogP contribution in [0, 0.1) is 12.8 Å². The predicted octanol–water partition coefficient (Wildman–Crippen LogP) is 2.26. The first-order valence-corrected chi connectivity index (χ1v) is 6.68. The maximum atomic E-state index is 5.67. The monoisotopic (exact) mass is 266 g/mol. The van der Waals surface area contributed by atoms with Gasteiger partial charge in [0.05, 0.1) is 14.2 Å². The molecule has 0 radical (unpaired) electrons. The Morgan fingerprint density at radius 2 is 1.79 bits per heavy atom. The van der Waals surface area contributed by atoms with Crippen LogP contribution >= 0.6 is 0 Å². The number of nitrogens with two attached hydrogens (primary N) is 1. The number of methoxy groups -OCH3 is 2. The summed E-state index contributed by atoms with van der Waals surface area (Å²) in [7, 11) is 5.30. The zero-order chi connectivity index (χ0) is 14.4. The van der Waals surface area contributed by atoms with Gasteiger partial charge in [-0.25, -0.2) is 0 Å². The molecule has 0 spiro atoms. The van der Waals surface area contributed by atoms with E-state index in [4.69, 9.17) is 15.2 Å². The third kappa shape index (κ3) is 3.61. The molecule has 3 N–H and O–H groups in total. The van der Waals surface area contributed by atoms with Gasteiger partial charge in [-0.05, 0) is 56.1 Å². The maximum absolute atomic E-state index is 5.67. The van der Waals surface area contributed by atoms with E-state index in [0.29, 0.717) is 12.5 Å². The molecular formula is C15H26N2O2. The van der Waals surface area contributed by atoms with Crippen molar-refractivity contribution in [1.29, 1.82) is 0 Å². The lowest BCUT2D eigenvalue weighted by Crippen LogP contribution is -2.26. The molecule has 0 saturated heterocycles. The zero-order valence-electron chi connectivity index (χ0n) is 12.6. The molecule has 4 heteroatoms. The van der Waals surface area contributed by atoms with Crippen molar-refractivity contribution in [1.82, 2.24) is 5.32 Å². The highest BCUT2D eigenvalue weighted by Gasteiger charge is 2.21. The highest BCUT2D eigenvalue weighted by Crippen LogP contribution is 2.35. The molecule has 2 unspecified atom stereocenters. The molecule has 2 atom stereocenters. The Kier molecular flexibility index (Phi) is 6.12. The van der Waals surface area contributed by atoms with Crippen LogP contribution in [-0.4, -0.2) is 27.8 Å². The van der Waals surface area contributed by atoms with Gasteiger partial charge in [-0.2, -0.15) is 0 Å². The molecule has 0 saturated carbocycles. The van der Waals surface area contributed by atoms with Crippen LogP contribution in [0.2, 0.25) is 0 Å². The van der Waals surface area contributed by atoms with Crippen LogP contribution in [0.1, 0.15) is 30.5 Å². The van der Waals surface area contributed by atoms with E-state index in [1.807, 2.05) is 13.1 Å². The maximum Gasteiger partial charge on any atom is 0.161 e. The van der Waals surface area contributed by atoms with Gasteiger partial charge in [0.15, 0.2) is 11.5 Å². The first kappa shape index (κ1) is 15.8. The molecule has 19 heavy (non-hydrogen) atoms. The standard InChI is InChI=1S/C15H26N2O2/c1-10(6-7-16)15(17-3)12-9-14(19-5)13(18-4)8-11(12)2/h8-10,15,17H,6-7,16H2,1-5H3. The van der Waals surface area contributed by atoms with Crippen molar-refractivity contribution >= 4 is 0 Å². The summed E-state index contributed by atoms with van der Waals surface area (Å²) in [6.07, 6.45) is 0.985. The summed E-state index contributed by atoms with van der Waals surface area (Å²) in [5, 5.41) is 3.38. The van der Waals surface area contributed by atoms with Crippen molar-refractivity contribution in [2.24, 2.45) is 11.7 Å². The first-order valence-electron chi connectivity index (χ1n) is 6.68. The second-order valence-corrected chi connectivity index (χ2v) is 4.88. The quantitative estimate of drug-likeness (QED) is 0.795. The van der Waals surface area contributed by atoms with Gasteiger partial charge in [0.25, 0.3) is 0 Å². The largest absolute Gasteiger partial charge is 0.493 e. The highest BCUT2D eigenvalue weighted by atomic mass is 16.5. The number of aryl methyl sites for hydroxylation is 1. The van der Waals surface area contributed by atoms with Gasteiger partial charge in [0.2, 0.25) is 0 Å². The zero-order valence-corrected chi connectivity index (χ0v) is 12.6. The van der Waals surface area contributed by atoms with Gasteiger partial charge in [-0.15, -0.1) is 0 Å². The molecule has 0 aliphatic carbocycles. The Balaban J connectivity index is 3.16. The number of ether oxygens (including phenoxy) is 2. The molecule has 4 nitrogen and oxygen atoms in total. The summed E-state index contributed by atoms with van der Waals surface area (Å²) in [6.45, 7) is 5.01. The van der Waals surface area contributed by atoms with Crippen molar-refractivity contribution in [3.63, 3.8) is 0 Å². The highest BCUT2D eigenvalue weighted by molar-refractivity contribution is 5.48. The molecule has 0 amide bonds. The Morgan fingerprint density at radius 1 is 1.21 bits per heavy atom. The molecule has 0 bridgehead atoms. The lowest BCUT2D eigenvalue weighted by Gasteiger charge is -2.26. The predicted molar refractivity (Wildman–Crippen MR) is 78.9 cm³/mol. The molecule has 0 heterocycles. The molecule has 1 aromatic carbocycles. The van der Waals surface area contributed by atoms with E-state index in [9.17, 15) is 0 Å². The molecule has 0 fully saturated rings. The number of nitrogens with one attached hydrogen (secondary N) is 1. The topological polar surface area (TPSA) is 56.5 Å². The third-order valence-electron chi connectivity index (χ3n) is 3.61. The Bertz CT molecular complexity index is 407. The number of hydrogen-bond acceptors (Lipinski definition) is 4. The molecule has 0 aliphatic heterocycles. The SMILES string of the molecule is CNC(c1cc(OC)c(OC)cc1C)C(C)CCN. The average Bonchev–Trinajstić information content (AvgIpc) is 2.41. The second kappa shape index (κ2) is 7.36. The van der Waals surface area contributed by atoms with Gasteiger partial charge < -0.3 is 20.5 Å². The van der Waals surface area contributed by atoms with Crippen LogP contribution in [0.4, 0.5) is 0 Å². The van der Waals surface area contributed by atoms with Gasteiger partial charge in [0, 0.05) is 6.04 Å². The van der Waals surface area contributed by atoms with E-state index in [0.717, 1.165) is 17.9 Å². The lowest BCUT2D eigenvalue weighted by molar-refractivity contribution is 0.350. The summed E-state index contributed by atoms with van der Waals surface area (Å²) in [5.41, 5.74) is 8.10. The van der Waals surface area contributed by atoms with E-state index >= 15 is 0 Å². The summed E-state index contributed by atoms with van der Waals surface area (Å²) >= 11 is 0. The normalized spacial score (nSPS) is 14.0. The first-order chi connectivity index (χ1) is 9.08. The Labute approximate surface area is 116 Å². The van der Waals surface area contributed by atoms with Crippen molar-refractivity contribution in [3.05, 3.63) is 23.3 Å². The number of benzene rings is 1. The fourth-order valence-corrected chi connectivity index (χ4v) is 2.51. The Hall–Kier alpha value is -1.26. The van der Waals surface area contributed by atoms with Gasteiger partial charge >= 0.3 is 0 Å². The fraction of sp³-hybridized carbons (Fsp3) is 0.600. The van der Waals surface area contributed by atoms with Crippen LogP contribution in [-0.2, 0) is 0 Å². The van der Waals surface area contributed by atoms with Crippen LogP contribution in [0.3, 0.4) is 0 Å². The van der Waals surface area contributed by atoms with Crippen molar-refractivity contribution in [2.75, 3.05) is 27.8 Å². The lowest BCUT2D eigenvalue weighted by atomic mass is 9.89.